The Morgan fingerprint density at radius 3 is 3.00 bits per heavy atom. The van der Waals surface area contributed by atoms with Crippen LogP contribution in [0, 0.1) is 0 Å². The van der Waals surface area contributed by atoms with Gasteiger partial charge in [0, 0.05) is 6.54 Å². The van der Waals surface area contributed by atoms with E-state index in [0.717, 1.165) is 18.8 Å². The highest BCUT2D eigenvalue weighted by atomic mass is 16.5. The number of hydrogen-bond donors (Lipinski definition) is 1. The van der Waals surface area contributed by atoms with Crippen LogP contribution in [0.4, 0.5) is 11.5 Å². The Morgan fingerprint density at radius 2 is 2.33 bits per heavy atom. The molecule has 0 bridgehead atoms. The maximum absolute atomic E-state index is 11.9. The first kappa shape index (κ1) is 15.6. The van der Waals surface area contributed by atoms with E-state index < -0.39 is 5.97 Å². The third kappa shape index (κ3) is 3.44. The van der Waals surface area contributed by atoms with Crippen LogP contribution in [0.15, 0.2) is 12.3 Å². The molecule has 116 valence electrons. The number of pyridine rings is 1. The van der Waals surface area contributed by atoms with E-state index in [4.69, 9.17) is 15.2 Å². The number of morpholine rings is 1. The first-order chi connectivity index (χ1) is 10.1. The molecule has 6 nitrogen and oxygen atoms in total. The number of hydrogen-bond acceptors (Lipinski definition) is 6. The number of carbonyl (C=O) groups excluding carboxylic acids is 1. The smallest absolute Gasteiger partial charge is 0.340 e. The Balaban J connectivity index is 2.30. The number of esters is 1. The Bertz CT molecular complexity index is 507. The van der Waals surface area contributed by atoms with Crippen molar-refractivity contribution in [3.8, 4) is 0 Å². The summed E-state index contributed by atoms with van der Waals surface area (Å²) in [6.45, 7) is 7.65. The van der Waals surface area contributed by atoms with Crippen LogP contribution >= 0.6 is 0 Å². The van der Waals surface area contributed by atoms with Gasteiger partial charge in [0.15, 0.2) is 0 Å². The van der Waals surface area contributed by atoms with Gasteiger partial charge < -0.3 is 20.1 Å². The summed E-state index contributed by atoms with van der Waals surface area (Å²) in [6.07, 6.45) is 2.61. The molecule has 21 heavy (non-hydrogen) atoms. The van der Waals surface area contributed by atoms with Gasteiger partial charge >= 0.3 is 5.97 Å². The van der Waals surface area contributed by atoms with Gasteiger partial charge in [-0.15, -0.1) is 0 Å². The van der Waals surface area contributed by atoms with Crippen LogP contribution in [0.3, 0.4) is 0 Å². The molecule has 1 saturated heterocycles. The Hall–Kier alpha value is -1.82. The van der Waals surface area contributed by atoms with Crippen molar-refractivity contribution in [2.45, 2.75) is 39.3 Å². The van der Waals surface area contributed by atoms with E-state index in [-0.39, 0.29) is 12.1 Å². The molecule has 2 atom stereocenters. The van der Waals surface area contributed by atoms with Crippen LogP contribution in [0.1, 0.15) is 37.6 Å². The van der Waals surface area contributed by atoms with Crippen LogP contribution in [0.5, 0.6) is 0 Å². The topological polar surface area (TPSA) is 77.7 Å². The van der Waals surface area contributed by atoms with Crippen molar-refractivity contribution in [3.63, 3.8) is 0 Å². The summed E-state index contributed by atoms with van der Waals surface area (Å²) in [6, 6.07) is 1.97. The second-order valence-electron chi connectivity index (χ2n) is 5.21. The van der Waals surface area contributed by atoms with Crippen molar-refractivity contribution >= 4 is 17.5 Å². The van der Waals surface area contributed by atoms with Gasteiger partial charge in [-0.3, -0.25) is 0 Å². The van der Waals surface area contributed by atoms with Crippen molar-refractivity contribution < 1.29 is 14.3 Å². The van der Waals surface area contributed by atoms with E-state index in [1.165, 1.54) is 6.20 Å². The summed E-state index contributed by atoms with van der Waals surface area (Å²) in [5.74, 6) is 0.335. The van der Waals surface area contributed by atoms with E-state index in [1.54, 1.807) is 13.0 Å². The number of nitrogens with zero attached hydrogens (tertiary/aromatic N) is 2. The number of carbonyl (C=O) groups is 1. The van der Waals surface area contributed by atoms with Crippen LogP contribution in [-0.4, -0.2) is 42.9 Å². The second kappa shape index (κ2) is 6.76. The third-order valence-electron chi connectivity index (χ3n) is 3.65. The molecule has 2 N–H and O–H groups in total. The maximum Gasteiger partial charge on any atom is 0.340 e. The quantitative estimate of drug-likeness (QED) is 0.854. The van der Waals surface area contributed by atoms with E-state index in [9.17, 15) is 4.79 Å². The first-order valence-corrected chi connectivity index (χ1v) is 7.37. The largest absolute Gasteiger partial charge is 0.462 e. The first-order valence-electron chi connectivity index (χ1n) is 7.37. The summed E-state index contributed by atoms with van der Waals surface area (Å²) < 4.78 is 10.7. The highest BCUT2D eigenvalue weighted by Crippen LogP contribution is 2.25. The van der Waals surface area contributed by atoms with E-state index in [2.05, 4.69) is 16.8 Å². The Kier molecular flexibility index (Phi) is 5.01. The fourth-order valence-electron chi connectivity index (χ4n) is 2.46. The number of nitrogen functional groups attached to an aromatic ring is 1. The van der Waals surface area contributed by atoms with Crippen molar-refractivity contribution in [1.82, 2.24) is 4.98 Å². The summed E-state index contributed by atoms with van der Waals surface area (Å²) in [7, 11) is 0. The van der Waals surface area contributed by atoms with Crippen molar-refractivity contribution in [3.05, 3.63) is 17.8 Å². The minimum absolute atomic E-state index is 0.137. The maximum atomic E-state index is 11.9. The van der Waals surface area contributed by atoms with E-state index in [1.807, 2.05) is 6.92 Å². The lowest BCUT2D eigenvalue weighted by atomic mass is 10.1. The van der Waals surface area contributed by atoms with E-state index >= 15 is 0 Å². The van der Waals surface area contributed by atoms with Gasteiger partial charge in [-0.25, -0.2) is 9.78 Å². The fraction of sp³-hybridized carbons (Fsp3) is 0.600. The molecular formula is C15H23N3O3. The molecule has 0 radical (unpaired) electrons. The monoisotopic (exact) mass is 293 g/mol. The molecular weight excluding hydrogens is 270 g/mol. The molecule has 0 aliphatic carbocycles. The molecule has 1 aromatic rings. The predicted molar refractivity (Wildman–Crippen MR) is 81.4 cm³/mol. The SMILES string of the molecule is CCOC(=O)c1cc(N2CC(C)OCC2CC)ncc1N. The second-order valence-corrected chi connectivity index (χ2v) is 5.21. The molecule has 6 heteroatoms. The minimum atomic E-state index is -0.409. The number of nitrogens with two attached hydrogens (primary N) is 1. The van der Waals surface area contributed by atoms with Gasteiger partial charge in [0.25, 0.3) is 0 Å². The average Bonchev–Trinajstić information content (AvgIpc) is 2.48. The third-order valence-corrected chi connectivity index (χ3v) is 3.65. The highest BCUT2D eigenvalue weighted by Gasteiger charge is 2.27. The summed E-state index contributed by atoms with van der Waals surface area (Å²) in [4.78, 5) is 18.5. The van der Waals surface area contributed by atoms with Crippen LogP contribution in [0.2, 0.25) is 0 Å². The Labute approximate surface area is 125 Å². The molecule has 1 aliphatic rings. The fourth-order valence-corrected chi connectivity index (χ4v) is 2.46. The van der Waals surface area contributed by atoms with Gasteiger partial charge in [-0.1, -0.05) is 6.92 Å². The van der Waals surface area contributed by atoms with Crippen LogP contribution in [0.25, 0.3) is 0 Å². The standard InChI is InChI=1S/C15H23N3O3/c1-4-11-9-21-10(3)8-18(11)14-6-12(13(16)7-17-14)15(19)20-5-2/h6-7,10-11H,4-5,8-9,16H2,1-3H3. The molecule has 1 fully saturated rings. The molecule has 0 saturated carbocycles. The van der Waals surface area contributed by atoms with Crippen molar-refractivity contribution in [1.29, 1.82) is 0 Å². The van der Waals surface area contributed by atoms with Crippen LogP contribution < -0.4 is 10.6 Å². The zero-order valence-corrected chi connectivity index (χ0v) is 12.8. The van der Waals surface area contributed by atoms with Gasteiger partial charge in [0.05, 0.1) is 42.8 Å². The zero-order chi connectivity index (χ0) is 15.4. The summed E-state index contributed by atoms with van der Waals surface area (Å²) in [5, 5.41) is 0. The molecule has 1 aromatic heterocycles. The summed E-state index contributed by atoms with van der Waals surface area (Å²) in [5.41, 5.74) is 6.55. The molecule has 0 amide bonds. The van der Waals surface area contributed by atoms with Crippen molar-refractivity contribution in [2.24, 2.45) is 0 Å². The van der Waals surface area contributed by atoms with E-state index in [0.29, 0.717) is 24.5 Å². The lowest BCUT2D eigenvalue weighted by Crippen LogP contribution is -2.49. The summed E-state index contributed by atoms with van der Waals surface area (Å²) >= 11 is 0. The van der Waals surface area contributed by atoms with Gasteiger partial charge in [0.1, 0.15) is 5.82 Å². The minimum Gasteiger partial charge on any atom is -0.462 e. The molecule has 0 aromatic carbocycles. The van der Waals surface area contributed by atoms with Gasteiger partial charge in [-0.2, -0.15) is 0 Å². The molecule has 2 heterocycles. The van der Waals surface area contributed by atoms with Gasteiger partial charge in [0.2, 0.25) is 0 Å². The lowest BCUT2D eigenvalue weighted by molar-refractivity contribution is 0.0296. The molecule has 1 aliphatic heterocycles. The number of aromatic nitrogens is 1. The average molecular weight is 293 g/mol. The van der Waals surface area contributed by atoms with Gasteiger partial charge in [-0.05, 0) is 26.3 Å². The predicted octanol–water partition coefficient (Wildman–Crippen LogP) is 1.84. The molecule has 2 unspecified atom stereocenters. The normalized spacial score (nSPS) is 22.1. The molecule has 2 rings (SSSR count). The number of ether oxygens (including phenoxy) is 2. The number of anilines is 2. The zero-order valence-electron chi connectivity index (χ0n) is 12.8. The highest BCUT2D eigenvalue weighted by molar-refractivity contribution is 5.95. The number of rotatable bonds is 4. The Morgan fingerprint density at radius 1 is 1.57 bits per heavy atom. The lowest BCUT2D eigenvalue weighted by Gasteiger charge is -2.39. The molecule has 0 spiro atoms. The van der Waals surface area contributed by atoms with Crippen LogP contribution in [-0.2, 0) is 9.47 Å². The van der Waals surface area contributed by atoms with Crippen molar-refractivity contribution in [2.75, 3.05) is 30.4 Å².